The third-order valence-electron chi connectivity index (χ3n) is 3.35. The second kappa shape index (κ2) is 5.92. The van der Waals surface area contributed by atoms with Gasteiger partial charge in [-0.15, -0.1) is 0 Å². The fraction of sp³-hybridized carbons (Fsp3) is 0.429. The van der Waals surface area contributed by atoms with Crippen LogP contribution in [0.3, 0.4) is 0 Å². The minimum absolute atomic E-state index is 0.0545. The van der Waals surface area contributed by atoms with E-state index in [-0.39, 0.29) is 24.7 Å². The lowest BCUT2D eigenvalue weighted by molar-refractivity contribution is -0.139. The molecule has 1 heterocycles. The van der Waals surface area contributed by atoms with E-state index < -0.39 is 12.0 Å². The molecule has 1 aromatic carbocycles. The number of aromatic hydroxyl groups is 1. The number of nitrogens with zero attached hydrogens (tertiary/aromatic N) is 1. The Balaban J connectivity index is 2.20. The summed E-state index contributed by atoms with van der Waals surface area (Å²) in [6.07, 6.45) is -0.149. The van der Waals surface area contributed by atoms with Gasteiger partial charge in [0.25, 0.3) is 5.91 Å². The monoisotopic (exact) mass is 279 g/mol. The summed E-state index contributed by atoms with van der Waals surface area (Å²) in [5, 5.41) is 18.6. The summed E-state index contributed by atoms with van der Waals surface area (Å²) in [7, 11) is 0. The van der Waals surface area contributed by atoms with Gasteiger partial charge in [0.05, 0.1) is 25.7 Å². The molecule has 2 rings (SSSR count). The van der Waals surface area contributed by atoms with Crippen molar-refractivity contribution in [1.29, 1.82) is 0 Å². The van der Waals surface area contributed by atoms with Crippen LogP contribution in [0.15, 0.2) is 18.2 Å². The number of rotatable bonds is 3. The van der Waals surface area contributed by atoms with Gasteiger partial charge in [0.1, 0.15) is 5.75 Å². The Morgan fingerprint density at radius 1 is 1.45 bits per heavy atom. The number of morpholine rings is 1. The topological polar surface area (TPSA) is 87.1 Å². The van der Waals surface area contributed by atoms with E-state index in [0.29, 0.717) is 24.3 Å². The number of carbonyl (C=O) groups is 2. The number of hydrogen-bond donors (Lipinski definition) is 2. The van der Waals surface area contributed by atoms with Gasteiger partial charge in [-0.25, -0.2) is 0 Å². The molecule has 0 saturated carbocycles. The fourth-order valence-corrected chi connectivity index (χ4v) is 2.20. The van der Waals surface area contributed by atoms with Crippen molar-refractivity contribution in [2.45, 2.75) is 19.4 Å². The summed E-state index contributed by atoms with van der Waals surface area (Å²) in [6, 6.07) is 4.22. The van der Waals surface area contributed by atoms with E-state index in [1.807, 2.05) is 0 Å². The van der Waals surface area contributed by atoms with Crippen molar-refractivity contribution in [3.63, 3.8) is 0 Å². The molecule has 6 heteroatoms. The summed E-state index contributed by atoms with van der Waals surface area (Å²) in [5.74, 6) is -1.20. The lowest BCUT2D eigenvalue weighted by Crippen LogP contribution is -2.49. The number of carboxylic acid groups (broad SMARTS) is 1. The van der Waals surface area contributed by atoms with E-state index in [9.17, 15) is 14.7 Å². The second-order valence-corrected chi connectivity index (χ2v) is 4.83. The second-order valence-electron chi connectivity index (χ2n) is 4.83. The maximum atomic E-state index is 12.4. The standard InChI is InChI=1S/C14H17NO5/c1-9-2-3-10(6-12(9)16)14(19)15-4-5-20-8-11(15)7-13(17)18/h2-3,6,11,16H,4-5,7-8H2,1H3,(H,17,18). The van der Waals surface area contributed by atoms with E-state index in [4.69, 9.17) is 9.84 Å². The number of phenols is 1. The molecule has 1 atom stereocenters. The molecule has 0 spiro atoms. The summed E-state index contributed by atoms with van der Waals surface area (Å²) >= 11 is 0. The molecule has 1 aliphatic rings. The lowest BCUT2D eigenvalue weighted by Gasteiger charge is -2.34. The number of aliphatic carboxylic acids is 1. The van der Waals surface area contributed by atoms with Crippen molar-refractivity contribution < 1.29 is 24.5 Å². The van der Waals surface area contributed by atoms with Gasteiger partial charge in [-0.05, 0) is 24.6 Å². The molecule has 1 unspecified atom stereocenters. The Labute approximate surface area is 116 Å². The third-order valence-corrected chi connectivity index (χ3v) is 3.35. The van der Waals surface area contributed by atoms with Gasteiger partial charge < -0.3 is 19.8 Å². The van der Waals surface area contributed by atoms with Crippen molar-refractivity contribution in [3.8, 4) is 5.75 Å². The molecule has 1 fully saturated rings. The Kier molecular flexibility index (Phi) is 4.24. The first-order valence-corrected chi connectivity index (χ1v) is 6.39. The van der Waals surface area contributed by atoms with Crippen LogP contribution in [0.4, 0.5) is 0 Å². The quantitative estimate of drug-likeness (QED) is 0.862. The molecule has 0 aromatic heterocycles. The number of carbonyl (C=O) groups excluding carboxylic acids is 1. The van der Waals surface area contributed by atoms with Crippen LogP contribution in [-0.4, -0.2) is 52.8 Å². The highest BCUT2D eigenvalue weighted by Crippen LogP contribution is 2.21. The van der Waals surface area contributed by atoms with Crippen LogP contribution in [-0.2, 0) is 9.53 Å². The van der Waals surface area contributed by atoms with Gasteiger partial charge in [-0.1, -0.05) is 6.07 Å². The van der Waals surface area contributed by atoms with Crippen LogP contribution in [0.5, 0.6) is 5.75 Å². The smallest absolute Gasteiger partial charge is 0.305 e. The van der Waals surface area contributed by atoms with Crippen molar-refractivity contribution in [1.82, 2.24) is 4.90 Å². The van der Waals surface area contributed by atoms with Crippen LogP contribution >= 0.6 is 0 Å². The van der Waals surface area contributed by atoms with Crippen molar-refractivity contribution in [3.05, 3.63) is 29.3 Å². The lowest BCUT2D eigenvalue weighted by atomic mass is 10.1. The molecular formula is C14H17NO5. The SMILES string of the molecule is Cc1ccc(C(=O)N2CCOCC2CC(=O)O)cc1O. The fourth-order valence-electron chi connectivity index (χ4n) is 2.20. The molecule has 1 aliphatic heterocycles. The highest BCUT2D eigenvalue weighted by Gasteiger charge is 2.29. The number of benzene rings is 1. The zero-order valence-electron chi connectivity index (χ0n) is 11.2. The minimum Gasteiger partial charge on any atom is -0.508 e. The molecule has 0 bridgehead atoms. The normalized spacial score (nSPS) is 18.9. The molecule has 1 saturated heterocycles. The Morgan fingerprint density at radius 2 is 2.20 bits per heavy atom. The summed E-state index contributed by atoms with van der Waals surface area (Å²) in [4.78, 5) is 24.8. The van der Waals surface area contributed by atoms with E-state index in [1.54, 1.807) is 19.1 Å². The predicted octanol–water partition coefficient (Wildman–Crippen LogP) is 1.02. The van der Waals surface area contributed by atoms with Gasteiger partial charge in [0, 0.05) is 12.1 Å². The highest BCUT2D eigenvalue weighted by molar-refractivity contribution is 5.95. The molecule has 0 radical (unpaired) electrons. The molecule has 108 valence electrons. The van der Waals surface area contributed by atoms with Gasteiger partial charge in [0.15, 0.2) is 0 Å². The zero-order chi connectivity index (χ0) is 14.7. The maximum Gasteiger partial charge on any atom is 0.305 e. The van der Waals surface area contributed by atoms with E-state index in [1.165, 1.54) is 11.0 Å². The number of amides is 1. The zero-order valence-corrected chi connectivity index (χ0v) is 11.2. The predicted molar refractivity (Wildman–Crippen MR) is 70.7 cm³/mol. The van der Waals surface area contributed by atoms with Crippen LogP contribution < -0.4 is 0 Å². The number of ether oxygens (including phenoxy) is 1. The van der Waals surface area contributed by atoms with Crippen LogP contribution in [0, 0.1) is 6.92 Å². The third kappa shape index (κ3) is 3.08. The summed E-state index contributed by atoms with van der Waals surface area (Å²) < 4.78 is 5.24. The molecule has 1 amide bonds. The summed E-state index contributed by atoms with van der Waals surface area (Å²) in [6.45, 7) is 2.70. The first-order chi connectivity index (χ1) is 9.49. The van der Waals surface area contributed by atoms with Crippen LogP contribution in [0.2, 0.25) is 0 Å². The van der Waals surface area contributed by atoms with Gasteiger partial charge in [-0.2, -0.15) is 0 Å². The molecular weight excluding hydrogens is 262 g/mol. The molecule has 6 nitrogen and oxygen atoms in total. The Hall–Kier alpha value is -2.08. The van der Waals surface area contributed by atoms with Crippen LogP contribution in [0.25, 0.3) is 0 Å². The molecule has 1 aromatic rings. The Morgan fingerprint density at radius 3 is 2.85 bits per heavy atom. The number of phenolic OH excluding ortho intramolecular Hbond substituents is 1. The Bertz CT molecular complexity index is 528. The van der Waals surface area contributed by atoms with E-state index >= 15 is 0 Å². The highest BCUT2D eigenvalue weighted by atomic mass is 16.5. The largest absolute Gasteiger partial charge is 0.508 e. The molecule has 20 heavy (non-hydrogen) atoms. The molecule has 0 aliphatic carbocycles. The first-order valence-electron chi connectivity index (χ1n) is 6.39. The summed E-state index contributed by atoms with van der Waals surface area (Å²) in [5.41, 5.74) is 1.04. The molecule has 2 N–H and O–H groups in total. The van der Waals surface area contributed by atoms with Crippen molar-refractivity contribution in [2.24, 2.45) is 0 Å². The van der Waals surface area contributed by atoms with E-state index in [0.717, 1.165) is 0 Å². The van der Waals surface area contributed by atoms with Gasteiger partial charge >= 0.3 is 5.97 Å². The average Bonchev–Trinajstić information content (AvgIpc) is 2.41. The first kappa shape index (κ1) is 14.3. The average molecular weight is 279 g/mol. The van der Waals surface area contributed by atoms with Gasteiger partial charge in [0.2, 0.25) is 0 Å². The number of hydrogen-bond acceptors (Lipinski definition) is 4. The van der Waals surface area contributed by atoms with Crippen molar-refractivity contribution >= 4 is 11.9 Å². The number of carboxylic acids is 1. The van der Waals surface area contributed by atoms with E-state index in [2.05, 4.69) is 0 Å². The van der Waals surface area contributed by atoms with Crippen LogP contribution in [0.1, 0.15) is 22.3 Å². The van der Waals surface area contributed by atoms with Crippen molar-refractivity contribution in [2.75, 3.05) is 19.8 Å². The maximum absolute atomic E-state index is 12.4. The minimum atomic E-state index is -0.968. The van der Waals surface area contributed by atoms with Gasteiger partial charge in [-0.3, -0.25) is 9.59 Å². The number of aryl methyl sites for hydroxylation is 1.